The van der Waals surface area contributed by atoms with Crippen LogP contribution in [0.3, 0.4) is 0 Å². The third-order valence-electron chi connectivity index (χ3n) is 4.39. The minimum absolute atomic E-state index is 0.340. The van der Waals surface area contributed by atoms with Gasteiger partial charge in [-0.15, -0.1) is 22.7 Å². The number of esters is 2. The lowest BCUT2D eigenvalue weighted by Gasteiger charge is -2.04. The number of hydrogen-bond acceptors (Lipinski definition) is 9. The first-order valence-corrected chi connectivity index (χ1v) is 10.8. The van der Waals surface area contributed by atoms with E-state index in [9.17, 15) is 14.9 Å². The van der Waals surface area contributed by atoms with Crippen molar-refractivity contribution in [3.63, 3.8) is 0 Å². The molecule has 0 unspecified atom stereocenters. The highest BCUT2D eigenvalue weighted by Gasteiger charge is 2.20. The predicted molar refractivity (Wildman–Crippen MR) is 121 cm³/mol. The van der Waals surface area contributed by atoms with Crippen molar-refractivity contribution >= 4 is 45.2 Å². The number of nitriles is 1. The van der Waals surface area contributed by atoms with Gasteiger partial charge in [-0.3, -0.25) is 4.79 Å². The molecule has 0 fully saturated rings. The molecular weight excluding hydrogens is 434 g/mol. The third-order valence-corrected chi connectivity index (χ3v) is 6.40. The maximum atomic E-state index is 12.1. The van der Waals surface area contributed by atoms with E-state index >= 15 is 0 Å². The molecule has 0 aliphatic heterocycles. The van der Waals surface area contributed by atoms with Gasteiger partial charge in [-0.2, -0.15) is 5.26 Å². The van der Waals surface area contributed by atoms with Gasteiger partial charge in [-0.05, 0) is 43.7 Å². The van der Waals surface area contributed by atoms with Crippen LogP contribution >= 0.6 is 22.7 Å². The number of hydrogen-bond donors (Lipinski definition) is 1. The molecule has 0 spiro atoms. The minimum atomic E-state index is -0.426. The molecule has 7 nitrogen and oxygen atoms in total. The molecule has 0 aliphatic carbocycles. The first kappa shape index (κ1) is 22.2. The number of nitrogens with one attached hydrogen (secondary N) is 1. The molecule has 0 aliphatic rings. The average molecular weight is 454 g/mol. The zero-order valence-corrected chi connectivity index (χ0v) is 18.9. The molecule has 9 heteroatoms. The molecule has 1 aromatic carbocycles. The topological polar surface area (TPSA) is 101 Å². The van der Waals surface area contributed by atoms with Gasteiger partial charge in [0.15, 0.2) is 0 Å². The lowest BCUT2D eigenvalue weighted by Crippen LogP contribution is -2.04. The average Bonchev–Trinajstić information content (AvgIpc) is 3.33. The molecule has 3 rings (SSSR count). The fourth-order valence-electron chi connectivity index (χ4n) is 2.75. The summed E-state index contributed by atoms with van der Waals surface area (Å²) in [5.74, 6) is -0.354. The molecule has 31 heavy (non-hydrogen) atoms. The number of ether oxygens (including phenoxy) is 2. The van der Waals surface area contributed by atoms with Crippen LogP contribution < -0.4 is 10.1 Å². The Morgan fingerprint density at radius 2 is 1.94 bits per heavy atom. The van der Waals surface area contributed by atoms with E-state index in [1.165, 1.54) is 36.7 Å². The number of allylic oxidation sites excluding steroid dienone is 1. The maximum absolute atomic E-state index is 12.1. The Bertz CT molecular complexity index is 1200. The van der Waals surface area contributed by atoms with Crippen molar-refractivity contribution in [3.05, 3.63) is 56.9 Å². The van der Waals surface area contributed by atoms with E-state index in [2.05, 4.69) is 16.4 Å². The Morgan fingerprint density at radius 1 is 1.23 bits per heavy atom. The predicted octanol–water partition coefficient (Wildman–Crippen LogP) is 5.18. The molecule has 2 aromatic heterocycles. The van der Waals surface area contributed by atoms with E-state index in [0.717, 1.165) is 16.0 Å². The molecule has 0 saturated carbocycles. The number of benzene rings is 1. The summed E-state index contributed by atoms with van der Waals surface area (Å²) in [6.07, 6.45) is 1.55. The van der Waals surface area contributed by atoms with Crippen LogP contribution in [0, 0.1) is 25.2 Å². The number of rotatable bonds is 6. The number of anilines is 1. The molecule has 0 atom stereocenters. The molecule has 0 amide bonds. The van der Waals surface area contributed by atoms with Gasteiger partial charge >= 0.3 is 11.9 Å². The van der Waals surface area contributed by atoms with Gasteiger partial charge in [-0.1, -0.05) is 0 Å². The van der Waals surface area contributed by atoms with Crippen molar-refractivity contribution in [2.45, 2.75) is 20.8 Å². The number of carbonyl (C=O) groups excluding carboxylic acids is 2. The molecule has 0 saturated heterocycles. The lowest BCUT2D eigenvalue weighted by molar-refractivity contribution is -0.131. The number of aryl methyl sites for hydroxylation is 1. The van der Waals surface area contributed by atoms with Crippen LogP contribution in [0.1, 0.15) is 32.7 Å². The van der Waals surface area contributed by atoms with E-state index in [-0.39, 0.29) is 5.97 Å². The fourth-order valence-corrected chi connectivity index (χ4v) is 4.56. The van der Waals surface area contributed by atoms with Gasteiger partial charge in [0.25, 0.3) is 0 Å². The largest absolute Gasteiger partial charge is 0.465 e. The number of carbonyl (C=O) groups is 2. The Labute approximate surface area is 187 Å². The van der Waals surface area contributed by atoms with Gasteiger partial charge < -0.3 is 14.8 Å². The molecule has 3 aromatic rings. The second kappa shape index (κ2) is 9.55. The minimum Gasteiger partial charge on any atom is -0.465 e. The van der Waals surface area contributed by atoms with E-state index in [1.807, 2.05) is 19.2 Å². The van der Waals surface area contributed by atoms with Crippen LogP contribution in [0.2, 0.25) is 0 Å². The summed E-state index contributed by atoms with van der Waals surface area (Å²) in [5.41, 5.74) is 3.19. The molecule has 1 N–H and O–H groups in total. The van der Waals surface area contributed by atoms with Crippen LogP contribution in [0.25, 0.3) is 16.8 Å². The van der Waals surface area contributed by atoms with Crippen LogP contribution in [0.4, 0.5) is 5.00 Å². The number of thiazole rings is 1. The van der Waals surface area contributed by atoms with Gasteiger partial charge in [-0.25, -0.2) is 9.78 Å². The molecule has 0 radical (unpaired) electrons. The molecule has 0 bridgehead atoms. The van der Waals surface area contributed by atoms with Crippen molar-refractivity contribution in [2.75, 3.05) is 12.4 Å². The summed E-state index contributed by atoms with van der Waals surface area (Å²) >= 11 is 2.76. The Hall–Kier alpha value is -3.48. The third kappa shape index (κ3) is 4.99. The Kier molecular flexibility index (Phi) is 6.84. The van der Waals surface area contributed by atoms with Crippen LogP contribution in [0.15, 0.2) is 35.8 Å². The zero-order valence-electron chi connectivity index (χ0n) is 17.3. The van der Waals surface area contributed by atoms with Crippen molar-refractivity contribution < 1.29 is 19.1 Å². The quantitative estimate of drug-likeness (QED) is 0.312. The maximum Gasteiger partial charge on any atom is 0.341 e. The number of aromatic nitrogens is 1. The summed E-state index contributed by atoms with van der Waals surface area (Å²) in [7, 11) is 1.34. The van der Waals surface area contributed by atoms with Crippen LogP contribution in [-0.2, 0) is 9.53 Å². The smallest absolute Gasteiger partial charge is 0.341 e. The number of nitrogens with zero attached hydrogens (tertiary/aromatic N) is 2. The van der Waals surface area contributed by atoms with Crippen molar-refractivity contribution in [1.29, 1.82) is 5.26 Å². The molecular formula is C22H19N3O4S2. The molecule has 2 heterocycles. The van der Waals surface area contributed by atoms with E-state index in [1.54, 1.807) is 30.5 Å². The van der Waals surface area contributed by atoms with Gasteiger partial charge in [0.2, 0.25) is 0 Å². The SMILES string of the molecule is COC(=O)c1c(NC=C(C#N)c2nc(-c3ccc(OC(C)=O)cc3)cs2)sc(C)c1C. The fraction of sp³-hybridized carbons (Fsp3) is 0.182. The van der Waals surface area contributed by atoms with E-state index < -0.39 is 5.97 Å². The highest BCUT2D eigenvalue weighted by atomic mass is 32.1. The van der Waals surface area contributed by atoms with Crippen molar-refractivity contribution in [3.8, 4) is 23.1 Å². The Balaban J connectivity index is 1.83. The highest BCUT2D eigenvalue weighted by Crippen LogP contribution is 2.34. The summed E-state index contributed by atoms with van der Waals surface area (Å²) in [6.45, 7) is 5.13. The lowest BCUT2D eigenvalue weighted by atomic mass is 10.1. The van der Waals surface area contributed by atoms with Gasteiger partial charge in [0.05, 0.1) is 18.4 Å². The standard InChI is InChI=1S/C22H19N3O4S2/c1-12-13(2)31-21(19(12)22(27)28-4)24-10-16(9-23)20-25-18(11-30-20)15-5-7-17(8-6-15)29-14(3)26/h5-8,10-11,24H,1-4H3. The highest BCUT2D eigenvalue weighted by molar-refractivity contribution is 7.16. The second-order valence-electron chi connectivity index (χ2n) is 6.45. The summed E-state index contributed by atoms with van der Waals surface area (Å²) < 4.78 is 9.91. The van der Waals surface area contributed by atoms with Gasteiger partial charge in [0.1, 0.15) is 27.4 Å². The van der Waals surface area contributed by atoms with Gasteiger partial charge in [0, 0.05) is 28.9 Å². The second-order valence-corrected chi connectivity index (χ2v) is 8.53. The summed E-state index contributed by atoms with van der Waals surface area (Å²) in [5, 5.41) is 15.7. The first-order valence-electron chi connectivity index (χ1n) is 9.14. The monoisotopic (exact) mass is 453 g/mol. The zero-order chi connectivity index (χ0) is 22.5. The Morgan fingerprint density at radius 3 is 2.55 bits per heavy atom. The van der Waals surface area contributed by atoms with Crippen LogP contribution in [-0.4, -0.2) is 24.0 Å². The first-order chi connectivity index (χ1) is 14.8. The van der Waals surface area contributed by atoms with E-state index in [4.69, 9.17) is 9.47 Å². The normalized spacial score (nSPS) is 11.0. The van der Waals surface area contributed by atoms with Crippen LogP contribution in [0.5, 0.6) is 5.75 Å². The van der Waals surface area contributed by atoms with Crippen molar-refractivity contribution in [1.82, 2.24) is 4.98 Å². The summed E-state index contributed by atoms with van der Waals surface area (Å²) in [6, 6.07) is 9.12. The van der Waals surface area contributed by atoms with E-state index in [0.29, 0.717) is 32.6 Å². The number of thiophene rings is 1. The number of methoxy groups -OCH3 is 1. The summed E-state index contributed by atoms with van der Waals surface area (Å²) in [4.78, 5) is 28.7. The van der Waals surface area contributed by atoms with Crippen molar-refractivity contribution in [2.24, 2.45) is 0 Å². The molecule has 158 valence electrons.